The average molecular weight is 394 g/mol. The van der Waals surface area contributed by atoms with Crippen LogP contribution in [0.3, 0.4) is 0 Å². The molecule has 1 heterocycles. The smallest absolute Gasteiger partial charge is 0.228 e. The molecular formula is C22H23N3O2S. The van der Waals surface area contributed by atoms with Crippen LogP contribution >= 0.6 is 11.3 Å². The zero-order chi connectivity index (χ0) is 19.9. The van der Waals surface area contributed by atoms with Crippen LogP contribution in [0.4, 0.5) is 5.13 Å². The maximum absolute atomic E-state index is 12.7. The van der Waals surface area contributed by atoms with E-state index in [-0.39, 0.29) is 24.2 Å². The Labute approximate surface area is 169 Å². The first kappa shape index (κ1) is 19.8. The van der Waals surface area contributed by atoms with Crippen LogP contribution in [-0.2, 0) is 16.0 Å². The summed E-state index contributed by atoms with van der Waals surface area (Å²) < 4.78 is 0. The Balaban J connectivity index is 1.69. The molecule has 1 N–H and O–H groups in total. The van der Waals surface area contributed by atoms with E-state index in [4.69, 9.17) is 0 Å². The fraction of sp³-hybridized carbons (Fsp3) is 0.227. The van der Waals surface area contributed by atoms with Gasteiger partial charge in [0.15, 0.2) is 5.13 Å². The highest BCUT2D eigenvalue weighted by Crippen LogP contribution is 2.28. The third-order valence-electron chi connectivity index (χ3n) is 4.42. The Bertz CT molecular complexity index is 884. The van der Waals surface area contributed by atoms with Crippen LogP contribution in [0.15, 0.2) is 66.0 Å². The molecule has 3 rings (SSSR count). The summed E-state index contributed by atoms with van der Waals surface area (Å²) in [4.78, 5) is 30.4. The molecule has 28 heavy (non-hydrogen) atoms. The number of thiazole rings is 1. The van der Waals surface area contributed by atoms with Gasteiger partial charge in [0.25, 0.3) is 0 Å². The largest absolute Gasteiger partial charge is 0.348 e. The molecule has 0 saturated carbocycles. The van der Waals surface area contributed by atoms with E-state index < -0.39 is 0 Å². The molecule has 3 aromatic rings. The Morgan fingerprint density at radius 1 is 1.00 bits per heavy atom. The predicted octanol–water partition coefficient (Wildman–Crippen LogP) is 3.93. The van der Waals surface area contributed by atoms with Gasteiger partial charge in [0.05, 0.1) is 12.1 Å². The van der Waals surface area contributed by atoms with Crippen molar-refractivity contribution in [2.75, 3.05) is 19.4 Å². The summed E-state index contributed by atoms with van der Waals surface area (Å²) in [6.07, 6.45) is 0.551. The van der Waals surface area contributed by atoms with Gasteiger partial charge in [-0.15, -0.1) is 11.3 Å². The lowest BCUT2D eigenvalue weighted by Gasteiger charge is -2.17. The first-order valence-electron chi connectivity index (χ1n) is 9.07. The van der Waals surface area contributed by atoms with Crippen LogP contribution < -0.4 is 5.32 Å². The zero-order valence-corrected chi connectivity index (χ0v) is 16.8. The summed E-state index contributed by atoms with van der Waals surface area (Å²) in [6.45, 7) is 0. The lowest BCUT2D eigenvalue weighted by atomic mass is 9.88. The molecule has 0 unspecified atom stereocenters. The van der Waals surface area contributed by atoms with Crippen molar-refractivity contribution in [3.05, 3.63) is 82.9 Å². The number of aromatic nitrogens is 1. The maximum Gasteiger partial charge on any atom is 0.228 e. The van der Waals surface area contributed by atoms with Crippen molar-refractivity contribution in [2.45, 2.75) is 18.8 Å². The fourth-order valence-electron chi connectivity index (χ4n) is 2.91. The van der Waals surface area contributed by atoms with E-state index in [2.05, 4.69) is 10.3 Å². The molecule has 1 aromatic heterocycles. The van der Waals surface area contributed by atoms with Gasteiger partial charge < -0.3 is 10.2 Å². The van der Waals surface area contributed by atoms with Crippen molar-refractivity contribution in [1.82, 2.24) is 9.88 Å². The van der Waals surface area contributed by atoms with E-state index in [9.17, 15) is 9.59 Å². The summed E-state index contributed by atoms with van der Waals surface area (Å²) in [6, 6.07) is 20.0. The predicted molar refractivity (Wildman–Crippen MR) is 112 cm³/mol. The number of hydrogen-bond acceptors (Lipinski definition) is 4. The summed E-state index contributed by atoms with van der Waals surface area (Å²) in [5.41, 5.74) is 2.86. The number of amides is 2. The monoisotopic (exact) mass is 393 g/mol. The SMILES string of the molecule is CN(C)C(=O)Cc1csc(NC(=O)CC(c2ccccc2)c2ccccc2)n1. The highest BCUT2D eigenvalue weighted by molar-refractivity contribution is 7.13. The second-order valence-corrected chi connectivity index (χ2v) is 7.59. The zero-order valence-electron chi connectivity index (χ0n) is 16.0. The minimum Gasteiger partial charge on any atom is -0.348 e. The number of rotatable bonds is 7. The highest BCUT2D eigenvalue weighted by Gasteiger charge is 2.19. The number of anilines is 1. The van der Waals surface area contributed by atoms with Gasteiger partial charge >= 0.3 is 0 Å². The molecule has 0 aliphatic carbocycles. The third-order valence-corrected chi connectivity index (χ3v) is 5.23. The van der Waals surface area contributed by atoms with E-state index in [0.29, 0.717) is 17.2 Å². The van der Waals surface area contributed by atoms with Crippen LogP contribution in [0.25, 0.3) is 0 Å². The molecule has 0 aliphatic heterocycles. The first-order chi connectivity index (χ1) is 13.5. The van der Waals surface area contributed by atoms with Gasteiger partial charge in [-0.25, -0.2) is 4.98 Å². The Hall–Kier alpha value is -2.99. The van der Waals surface area contributed by atoms with E-state index >= 15 is 0 Å². The summed E-state index contributed by atoms with van der Waals surface area (Å²) in [5.74, 6) is -0.147. The second kappa shape index (κ2) is 9.28. The topological polar surface area (TPSA) is 62.3 Å². The summed E-state index contributed by atoms with van der Waals surface area (Å²) in [7, 11) is 3.43. The Kier molecular flexibility index (Phi) is 6.55. The van der Waals surface area contributed by atoms with Gasteiger partial charge in [0, 0.05) is 31.8 Å². The molecule has 0 bridgehead atoms. The van der Waals surface area contributed by atoms with Crippen LogP contribution in [0.1, 0.15) is 29.2 Å². The summed E-state index contributed by atoms with van der Waals surface area (Å²) in [5, 5.41) is 5.21. The van der Waals surface area contributed by atoms with Crippen LogP contribution in [0.5, 0.6) is 0 Å². The normalized spacial score (nSPS) is 10.7. The lowest BCUT2D eigenvalue weighted by Crippen LogP contribution is -2.23. The maximum atomic E-state index is 12.7. The standard InChI is InChI=1S/C22H23N3O2S/c1-25(2)21(27)13-18-15-28-22(23-18)24-20(26)14-19(16-9-5-3-6-10-16)17-11-7-4-8-12-17/h3-12,15,19H,13-14H2,1-2H3,(H,23,24,26). The highest BCUT2D eigenvalue weighted by atomic mass is 32.1. The molecule has 0 radical (unpaired) electrons. The Morgan fingerprint density at radius 2 is 1.57 bits per heavy atom. The Morgan fingerprint density at radius 3 is 2.11 bits per heavy atom. The fourth-order valence-corrected chi connectivity index (χ4v) is 3.64. The number of likely N-dealkylation sites (N-methyl/N-ethyl adjacent to an activating group) is 1. The van der Waals surface area contributed by atoms with Crippen molar-refractivity contribution in [1.29, 1.82) is 0 Å². The lowest BCUT2D eigenvalue weighted by molar-refractivity contribution is -0.128. The van der Waals surface area contributed by atoms with Crippen LogP contribution in [-0.4, -0.2) is 35.8 Å². The minimum absolute atomic E-state index is 0.0172. The number of nitrogens with zero attached hydrogens (tertiary/aromatic N) is 2. The van der Waals surface area contributed by atoms with E-state index in [0.717, 1.165) is 11.1 Å². The molecule has 0 aliphatic rings. The quantitative estimate of drug-likeness (QED) is 0.661. The molecule has 2 amide bonds. The third kappa shape index (κ3) is 5.27. The van der Waals surface area contributed by atoms with Gasteiger partial charge in [-0.2, -0.15) is 0 Å². The van der Waals surface area contributed by atoms with E-state index in [1.54, 1.807) is 14.1 Å². The second-order valence-electron chi connectivity index (χ2n) is 6.74. The van der Waals surface area contributed by atoms with Crippen molar-refractivity contribution < 1.29 is 9.59 Å². The number of nitrogens with one attached hydrogen (secondary N) is 1. The molecule has 0 fully saturated rings. The molecule has 0 saturated heterocycles. The van der Waals surface area contributed by atoms with Crippen molar-refractivity contribution in [2.24, 2.45) is 0 Å². The van der Waals surface area contributed by atoms with Gasteiger partial charge in [-0.3, -0.25) is 9.59 Å². The minimum atomic E-state index is -0.0995. The molecule has 5 nitrogen and oxygen atoms in total. The first-order valence-corrected chi connectivity index (χ1v) is 9.95. The molecule has 0 spiro atoms. The number of carbonyl (C=O) groups excluding carboxylic acids is 2. The summed E-state index contributed by atoms with van der Waals surface area (Å²) >= 11 is 1.34. The number of carbonyl (C=O) groups is 2. The van der Waals surface area contributed by atoms with E-state index in [1.165, 1.54) is 16.2 Å². The van der Waals surface area contributed by atoms with Gasteiger partial charge in [-0.05, 0) is 11.1 Å². The van der Waals surface area contributed by atoms with E-state index in [1.807, 2.05) is 66.0 Å². The number of hydrogen-bond donors (Lipinski definition) is 1. The molecule has 0 atom stereocenters. The molecule has 2 aromatic carbocycles. The van der Waals surface area contributed by atoms with Gasteiger partial charge in [-0.1, -0.05) is 60.7 Å². The van der Waals surface area contributed by atoms with Crippen LogP contribution in [0, 0.1) is 0 Å². The molecule has 144 valence electrons. The van der Waals surface area contributed by atoms with Gasteiger partial charge in [0.1, 0.15) is 0 Å². The van der Waals surface area contributed by atoms with Crippen LogP contribution in [0.2, 0.25) is 0 Å². The van der Waals surface area contributed by atoms with Crippen molar-refractivity contribution in [3.8, 4) is 0 Å². The van der Waals surface area contributed by atoms with Crippen molar-refractivity contribution in [3.63, 3.8) is 0 Å². The number of benzene rings is 2. The van der Waals surface area contributed by atoms with Gasteiger partial charge in [0.2, 0.25) is 11.8 Å². The average Bonchev–Trinajstić information content (AvgIpc) is 3.14. The molecular weight excluding hydrogens is 370 g/mol. The van der Waals surface area contributed by atoms with Crippen molar-refractivity contribution >= 4 is 28.3 Å². The molecule has 6 heteroatoms.